The van der Waals surface area contributed by atoms with Crippen LogP contribution in [0.5, 0.6) is 0 Å². The number of hydrogen-bond donors (Lipinski definition) is 1. The van der Waals surface area contributed by atoms with Crippen LogP contribution in [0.2, 0.25) is 0 Å². The van der Waals surface area contributed by atoms with E-state index in [1.165, 1.54) is 10.5 Å². The van der Waals surface area contributed by atoms with Gasteiger partial charge in [-0.15, -0.1) is 23.1 Å². The Morgan fingerprint density at radius 1 is 1.29 bits per heavy atom. The van der Waals surface area contributed by atoms with Crippen molar-refractivity contribution < 1.29 is 0 Å². The molecule has 1 heterocycles. The number of thioether (sulfide) groups is 1. The summed E-state index contributed by atoms with van der Waals surface area (Å²) in [6.45, 7) is 0. The predicted octanol–water partition coefficient (Wildman–Crippen LogP) is 3.48. The van der Waals surface area contributed by atoms with Gasteiger partial charge in [0.05, 0.1) is 11.2 Å². The highest BCUT2D eigenvalue weighted by Crippen LogP contribution is 2.44. The lowest BCUT2D eigenvalue weighted by Crippen LogP contribution is -2.18. The Morgan fingerprint density at radius 3 is 2.59 bits per heavy atom. The molecule has 88 valence electrons. The van der Waals surface area contributed by atoms with Crippen LogP contribution in [0.15, 0.2) is 34.5 Å². The predicted molar refractivity (Wildman–Crippen MR) is 74.4 cm³/mol. The van der Waals surface area contributed by atoms with Crippen molar-refractivity contribution in [1.82, 2.24) is 4.98 Å². The van der Waals surface area contributed by atoms with Crippen molar-refractivity contribution in [2.45, 2.75) is 23.3 Å². The van der Waals surface area contributed by atoms with E-state index in [0.29, 0.717) is 0 Å². The maximum atomic E-state index is 6.15. The van der Waals surface area contributed by atoms with E-state index < -0.39 is 0 Å². The van der Waals surface area contributed by atoms with Gasteiger partial charge in [-0.05, 0) is 31.2 Å². The van der Waals surface area contributed by atoms with Gasteiger partial charge in [0.15, 0.2) is 0 Å². The molecule has 0 radical (unpaired) electrons. The Kier molecular flexibility index (Phi) is 2.73. The second-order valence-electron chi connectivity index (χ2n) is 4.42. The van der Waals surface area contributed by atoms with Crippen LogP contribution in [0.25, 0.3) is 11.3 Å². The second kappa shape index (κ2) is 4.12. The van der Waals surface area contributed by atoms with Gasteiger partial charge in [-0.25, -0.2) is 4.98 Å². The van der Waals surface area contributed by atoms with Gasteiger partial charge in [-0.3, -0.25) is 0 Å². The highest BCUT2D eigenvalue weighted by Gasteiger charge is 2.42. The Labute approximate surface area is 109 Å². The average molecular weight is 262 g/mol. The zero-order chi connectivity index (χ0) is 11.9. The normalized spacial score (nSPS) is 17.1. The molecule has 1 aliphatic rings. The molecule has 0 unspecified atom stereocenters. The third-order valence-corrected chi connectivity index (χ3v) is 4.91. The number of benzene rings is 1. The molecular weight excluding hydrogens is 248 g/mol. The summed E-state index contributed by atoms with van der Waals surface area (Å²) < 4.78 is 0. The molecular formula is C13H14N2S2. The second-order valence-corrected chi connectivity index (χ2v) is 6.16. The van der Waals surface area contributed by atoms with Gasteiger partial charge in [-0.1, -0.05) is 12.1 Å². The molecule has 1 saturated carbocycles. The van der Waals surface area contributed by atoms with Crippen LogP contribution in [0, 0.1) is 0 Å². The maximum Gasteiger partial charge on any atom is 0.113 e. The molecule has 0 atom stereocenters. The smallest absolute Gasteiger partial charge is 0.113 e. The van der Waals surface area contributed by atoms with Gasteiger partial charge >= 0.3 is 0 Å². The van der Waals surface area contributed by atoms with E-state index in [-0.39, 0.29) is 5.54 Å². The average Bonchev–Trinajstić information content (AvgIpc) is 2.94. The summed E-state index contributed by atoms with van der Waals surface area (Å²) in [5.41, 5.74) is 8.27. The number of hydrogen-bond acceptors (Lipinski definition) is 4. The van der Waals surface area contributed by atoms with Crippen LogP contribution in [0.4, 0.5) is 0 Å². The first-order chi connectivity index (χ1) is 8.21. The first-order valence-electron chi connectivity index (χ1n) is 5.61. The lowest BCUT2D eigenvalue weighted by Gasteiger charge is -2.02. The van der Waals surface area contributed by atoms with Gasteiger partial charge in [0.1, 0.15) is 5.01 Å². The Morgan fingerprint density at radius 2 is 2.00 bits per heavy atom. The third kappa shape index (κ3) is 2.12. The van der Waals surface area contributed by atoms with Crippen molar-refractivity contribution in [2.75, 3.05) is 6.26 Å². The molecule has 1 aromatic carbocycles. The maximum absolute atomic E-state index is 6.15. The van der Waals surface area contributed by atoms with Crippen LogP contribution in [-0.4, -0.2) is 11.2 Å². The molecule has 0 aliphatic heterocycles. The summed E-state index contributed by atoms with van der Waals surface area (Å²) in [7, 11) is 0. The topological polar surface area (TPSA) is 38.9 Å². The van der Waals surface area contributed by atoms with Crippen molar-refractivity contribution in [3.63, 3.8) is 0 Å². The van der Waals surface area contributed by atoms with Crippen molar-refractivity contribution in [2.24, 2.45) is 5.73 Å². The van der Waals surface area contributed by atoms with Crippen molar-refractivity contribution in [3.8, 4) is 11.3 Å². The first kappa shape index (κ1) is 11.3. The minimum Gasteiger partial charge on any atom is -0.319 e. The summed E-state index contributed by atoms with van der Waals surface area (Å²) in [5.74, 6) is 0. The Bertz CT molecular complexity index is 527. The molecule has 17 heavy (non-hydrogen) atoms. The largest absolute Gasteiger partial charge is 0.319 e. The molecule has 2 nitrogen and oxygen atoms in total. The van der Waals surface area contributed by atoms with Crippen LogP contribution >= 0.6 is 23.1 Å². The fourth-order valence-corrected chi connectivity index (χ4v) is 3.16. The molecule has 4 heteroatoms. The van der Waals surface area contributed by atoms with E-state index in [0.717, 1.165) is 23.5 Å². The Balaban J connectivity index is 1.90. The van der Waals surface area contributed by atoms with Gasteiger partial charge in [0.2, 0.25) is 0 Å². The molecule has 1 fully saturated rings. The van der Waals surface area contributed by atoms with Crippen LogP contribution in [-0.2, 0) is 5.54 Å². The van der Waals surface area contributed by atoms with Crippen LogP contribution < -0.4 is 5.73 Å². The summed E-state index contributed by atoms with van der Waals surface area (Å²) in [6.07, 6.45) is 4.23. The van der Waals surface area contributed by atoms with E-state index in [9.17, 15) is 0 Å². The van der Waals surface area contributed by atoms with E-state index >= 15 is 0 Å². The monoisotopic (exact) mass is 262 g/mol. The molecule has 2 aromatic rings. The first-order valence-corrected chi connectivity index (χ1v) is 7.71. The summed E-state index contributed by atoms with van der Waals surface area (Å²) in [6, 6.07) is 8.52. The third-order valence-electron chi connectivity index (χ3n) is 3.10. The van der Waals surface area contributed by atoms with Crippen LogP contribution in [0.3, 0.4) is 0 Å². The van der Waals surface area contributed by atoms with E-state index in [2.05, 4.69) is 40.9 Å². The number of nitrogens with zero attached hydrogens (tertiary/aromatic N) is 1. The zero-order valence-corrected chi connectivity index (χ0v) is 11.3. The van der Waals surface area contributed by atoms with Crippen LogP contribution in [0.1, 0.15) is 17.8 Å². The molecule has 0 spiro atoms. The highest BCUT2D eigenvalue weighted by molar-refractivity contribution is 7.98. The Hall–Kier alpha value is -0.840. The molecule has 0 amide bonds. The van der Waals surface area contributed by atoms with Gasteiger partial charge in [0.25, 0.3) is 0 Å². The molecule has 1 aliphatic carbocycles. The van der Waals surface area contributed by atoms with Crippen molar-refractivity contribution in [1.29, 1.82) is 0 Å². The molecule has 0 bridgehead atoms. The fraction of sp³-hybridized carbons (Fsp3) is 0.308. The number of nitrogens with two attached hydrogens (primary N) is 1. The summed E-state index contributed by atoms with van der Waals surface area (Å²) >= 11 is 3.44. The minimum atomic E-state index is -0.109. The molecule has 2 N–H and O–H groups in total. The number of thiazole rings is 1. The SMILES string of the molecule is CSc1ccc(-c2csc(C3(N)CC3)n2)cc1. The lowest BCUT2D eigenvalue weighted by molar-refractivity contribution is 0.732. The lowest BCUT2D eigenvalue weighted by atomic mass is 10.2. The minimum absolute atomic E-state index is 0.109. The standard InChI is InChI=1S/C13H14N2S2/c1-16-10-4-2-9(3-5-10)11-8-17-12(15-11)13(14)6-7-13/h2-5,8H,6-7,14H2,1H3. The van der Waals surface area contributed by atoms with Gasteiger partial charge in [-0.2, -0.15) is 0 Å². The highest BCUT2D eigenvalue weighted by atomic mass is 32.2. The van der Waals surface area contributed by atoms with Gasteiger partial charge < -0.3 is 5.73 Å². The fourth-order valence-electron chi connectivity index (χ4n) is 1.75. The number of rotatable bonds is 3. The molecule has 0 saturated heterocycles. The van der Waals surface area contributed by atoms with Gasteiger partial charge in [0, 0.05) is 15.8 Å². The number of aromatic nitrogens is 1. The quantitative estimate of drug-likeness (QED) is 0.861. The summed E-state index contributed by atoms with van der Waals surface area (Å²) in [5, 5.41) is 3.19. The summed E-state index contributed by atoms with van der Waals surface area (Å²) in [4.78, 5) is 5.94. The zero-order valence-electron chi connectivity index (χ0n) is 9.64. The van der Waals surface area contributed by atoms with Crippen molar-refractivity contribution in [3.05, 3.63) is 34.7 Å². The van der Waals surface area contributed by atoms with Crippen molar-refractivity contribution >= 4 is 23.1 Å². The van der Waals surface area contributed by atoms with E-state index in [1.807, 2.05) is 0 Å². The molecule has 3 rings (SSSR count). The van der Waals surface area contributed by atoms with E-state index in [4.69, 9.17) is 5.73 Å². The van der Waals surface area contributed by atoms with E-state index in [1.54, 1.807) is 23.1 Å². The molecule has 1 aromatic heterocycles.